The Bertz CT molecular complexity index is 1240. The minimum atomic E-state index is -0.263. The molecule has 35 heavy (non-hydrogen) atoms. The third-order valence-electron chi connectivity index (χ3n) is 7.38. The highest BCUT2D eigenvalue weighted by molar-refractivity contribution is 5.84. The highest BCUT2D eigenvalue weighted by Gasteiger charge is 2.30. The highest BCUT2D eigenvalue weighted by atomic mass is 19.1. The lowest BCUT2D eigenvalue weighted by atomic mass is 10.0. The second-order valence-corrected chi connectivity index (χ2v) is 9.58. The Morgan fingerprint density at radius 3 is 2.71 bits per heavy atom. The lowest BCUT2D eigenvalue weighted by Gasteiger charge is -2.43. The van der Waals surface area contributed by atoms with E-state index >= 15 is 4.39 Å². The summed E-state index contributed by atoms with van der Waals surface area (Å²) in [6.07, 6.45) is 1.80. The van der Waals surface area contributed by atoms with Gasteiger partial charge >= 0.3 is 0 Å². The van der Waals surface area contributed by atoms with Crippen molar-refractivity contribution in [3.63, 3.8) is 0 Å². The van der Waals surface area contributed by atoms with Crippen LogP contribution in [0.25, 0.3) is 22.3 Å². The monoisotopic (exact) mass is 480 g/mol. The van der Waals surface area contributed by atoms with E-state index in [0.29, 0.717) is 47.3 Å². The molecule has 5 heterocycles. The first-order valence-corrected chi connectivity index (χ1v) is 12.2. The molecule has 0 unspecified atom stereocenters. The summed E-state index contributed by atoms with van der Waals surface area (Å²) in [6, 6.07) is 7.65. The van der Waals surface area contributed by atoms with Gasteiger partial charge in [0, 0.05) is 50.6 Å². The predicted octanol–water partition coefficient (Wildman–Crippen LogP) is 2.19. The van der Waals surface area contributed by atoms with Gasteiger partial charge in [-0.05, 0) is 25.1 Å². The molecule has 2 N–H and O–H groups in total. The zero-order valence-corrected chi connectivity index (χ0v) is 19.7. The minimum Gasteiger partial charge on any atom is -0.473 e. The lowest BCUT2D eigenvalue weighted by molar-refractivity contribution is -0.119. The van der Waals surface area contributed by atoms with Crippen LogP contribution >= 0.6 is 0 Å². The number of nitrogens with zero attached hydrogens (tertiary/aromatic N) is 4. The van der Waals surface area contributed by atoms with E-state index < -0.39 is 0 Å². The average Bonchev–Trinajstić information content (AvgIpc) is 3.47. The van der Waals surface area contributed by atoms with Gasteiger partial charge in [-0.2, -0.15) is 0 Å². The number of carbonyl (C=O) groups is 1. The van der Waals surface area contributed by atoms with Crippen molar-refractivity contribution in [2.24, 2.45) is 5.92 Å². The molecule has 1 amide bonds. The molecule has 3 saturated heterocycles. The fraction of sp³-hybridized carbons (Fsp3) is 0.480. The molecule has 2 atom stereocenters. The summed E-state index contributed by atoms with van der Waals surface area (Å²) in [5.41, 5.74) is 3.26. The van der Waals surface area contributed by atoms with Crippen LogP contribution in [0.4, 0.5) is 10.1 Å². The molecule has 0 radical (unpaired) electrons. The van der Waals surface area contributed by atoms with Crippen molar-refractivity contribution >= 4 is 22.6 Å². The van der Waals surface area contributed by atoms with Gasteiger partial charge < -0.3 is 24.7 Å². The Morgan fingerprint density at radius 1 is 1.20 bits per heavy atom. The van der Waals surface area contributed by atoms with Crippen molar-refractivity contribution in [1.82, 2.24) is 25.2 Å². The smallest absolute Gasteiger partial charge is 0.243 e. The number of imidazole rings is 1. The molecule has 0 spiro atoms. The second kappa shape index (κ2) is 9.09. The number of rotatable bonds is 6. The van der Waals surface area contributed by atoms with Crippen molar-refractivity contribution in [2.75, 3.05) is 50.8 Å². The lowest BCUT2D eigenvalue weighted by Crippen LogP contribution is -2.56. The van der Waals surface area contributed by atoms with E-state index in [9.17, 15) is 4.79 Å². The van der Waals surface area contributed by atoms with Crippen molar-refractivity contribution in [2.45, 2.75) is 25.5 Å². The van der Waals surface area contributed by atoms with E-state index in [0.717, 1.165) is 44.9 Å². The summed E-state index contributed by atoms with van der Waals surface area (Å²) in [5.74, 6) is 0.217. The Labute approximate surface area is 202 Å². The van der Waals surface area contributed by atoms with Crippen molar-refractivity contribution in [1.29, 1.82) is 0 Å². The Hall–Kier alpha value is -3.24. The van der Waals surface area contributed by atoms with Gasteiger partial charge in [0.2, 0.25) is 11.8 Å². The van der Waals surface area contributed by atoms with E-state index in [1.807, 2.05) is 25.1 Å². The van der Waals surface area contributed by atoms with E-state index in [2.05, 4.69) is 25.1 Å². The van der Waals surface area contributed by atoms with E-state index in [1.54, 1.807) is 12.4 Å². The molecule has 9 nitrogen and oxygen atoms in total. The van der Waals surface area contributed by atoms with Crippen LogP contribution in [0.1, 0.15) is 13.3 Å². The number of H-pyrrole nitrogens is 1. The number of pyridine rings is 1. The Morgan fingerprint density at radius 2 is 2.03 bits per heavy atom. The Kier molecular flexibility index (Phi) is 5.77. The standard InChI is InChI=1S/C25H29FN6O3/c1-15(17-9-23(33)27-11-17)35-25-24-21(28-14-29-24)10-20(30-25)16-2-3-22(19(26)8-16)32-6-4-31(5-7-32)18-12-34-13-18/h2-3,8,10,14-15,17-18H,4-7,9,11-13H2,1H3,(H,27,33)(H,28,29)/t15-,17-/m1/s1. The molecule has 10 heteroatoms. The SMILES string of the molecule is C[C@@H](Oc1nc(-c2ccc(N3CCN(C4COC4)CC3)c(F)c2)cc2[nH]cnc12)[C@H]1CNC(=O)C1. The average molecular weight is 481 g/mol. The summed E-state index contributed by atoms with van der Waals surface area (Å²) >= 11 is 0. The van der Waals surface area contributed by atoms with Crippen LogP contribution < -0.4 is 15.0 Å². The number of hydrogen-bond acceptors (Lipinski definition) is 7. The third kappa shape index (κ3) is 4.32. The normalized spacial score (nSPS) is 22.3. The van der Waals surface area contributed by atoms with Gasteiger partial charge in [-0.15, -0.1) is 0 Å². The number of anilines is 1. The van der Waals surface area contributed by atoms with E-state index in [4.69, 9.17) is 14.5 Å². The maximum atomic E-state index is 15.3. The molecule has 2 aromatic heterocycles. The van der Waals surface area contributed by atoms with Crippen LogP contribution in [-0.4, -0.2) is 83.8 Å². The quantitative estimate of drug-likeness (QED) is 0.558. The van der Waals surface area contributed by atoms with Crippen LogP contribution in [0.2, 0.25) is 0 Å². The molecule has 184 valence electrons. The van der Waals surface area contributed by atoms with Gasteiger partial charge in [-0.25, -0.2) is 14.4 Å². The molecule has 0 aliphatic carbocycles. The number of carbonyl (C=O) groups excluding carboxylic acids is 1. The largest absolute Gasteiger partial charge is 0.473 e. The predicted molar refractivity (Wildman–Crippen MR) is 129 cm³/mol. The number of halogens is 1. The van der Waals surface area contributed by atoms with Crippen LogP contribution in [0.15, 0.2) is 30.6 Å². The Balaban J connectivity index is 1.22. The number of nitrogens with one attached hydrogen (secondary N) is 2. The number of benzene rings is 1. The fourth-order valence-electron chi connectivity index (χ4n) is 5.06. The van der Waals surface area contributed by atoms with Gasteiger partial charge in [0.15, 0.2) is 5.52 Å². The highest BCUT2D eigenvalue weighted by Crippen LogP contribution is 2.32. The molecular formula is C25H29FN6O3. The molecule has 0 bridgehead atoms. The number of amides is 1. The third-order valence-corrected chi connectivity index (χ3v) is 7.38. The summed E-state index contributed by atoms with van der Waals surface area (Å²) in [7, 11) is 0. The first-order chi connectivity index (χ1) is 17.0. The molecule has 1 aromatic carbocycles. The van der Waals surface area contributed by atoms with Gasteiger partial charge in [-0.3, -0.25) is 9.69 Å². The maximum Gasteiger partial charge on any atom is 0.243 e. The topological polar surface area (TPSA) is 95.6 Å². The molecule has 3 fully saturated rings. The molecule has 3 aliphatic rings. The van der Waals surface area contributed by atoms with Crippen LogP contribution in [-0.2, 0) is 9.53 Å². The van der Waals surface area contributed by atoms with Crippen molar-refractivity contribution in [3.05, 3.63) is 36.4 Å². The van der Waals surface area contributed by atoms with E-state index in [-0.39, 0.29) is 23.7 Å². The summed E-state index contributed by atoms with van der Waals surface area (Å²) in [4.78, 5) is 28.3. The van der Waals surface area contributed by atoms with Crippen molar-refractivity contribution in [3.8, 4) is 17.1 Å². The van der Waals surface area contributed by atoms with Crippen LogP contribution in [0.3, 0.4) is 0 Å². The molecule has 0 saturated carbocycles. The van der Waals surface area contributed by atoms with Gasteiger partial charge in [0.1, 0.15) is 11.9 Å². The number of fused-ring (bicyclic) bond motifs is 1. The molecular weight excluding hydrogens is 451 g/mol. The summed E-state index contributed by atoms with van der Waals surface area (Å²) < 4.78 is 26.7. The molecule has 3 aliphatic heterocycles. The van der Waals surface area contributed by atoms with Crippen LogP contribution in [0.5, 0.6) is 5.88 Å². The molecule has 6 rings (SSSR count). The van der Waals surface area contributed by atoms with Gasteiger partial charge in [0.25, 0.3) is 0 Å². The van der Waals surface area contributed by atoms with Crippen molar-refractivity contribution < 1.29 is 18.7 Å². The minimum absolute atomic E-state index is 0.0334. The number of hydrogen-bond donors (Lipinski definition) is 2. The van der Waals surface area contributed by atoms with Crippen LogP contribution in [0, 0.1) is 11.7 Å². The number of ether oxygens (including phenoxy) is 2. The summed E-state index contributed by atoms with van der Waals surface area (Å²) in [5, 5.41) is 2.84. The maximum absolute atomic E-state index is 15.3. The van der Waals surface area contributed by atoms with Gasteiger partial charge in [-0.1, -0.05) is 6.07 Å². The number of aromatic amines is 1. The number of aromatic nitrogens is 3. The zero-order valence-electron chi connectivity index (χ0n) is 19.7. The van der Waals surface area contributed by atoms with E-state index in [1.165, 1.54) is 0 Å². The summed E-state index contributed by atoms with van der Waals surface area (Å²) in [6.45, 7) is 7.53. The second-order valence-electron chi connectivity index (χ2n) is 9.58. The van der Waals surface area contributed by atoms with Gasteiger partial charge in [0.05, 0.1) is 42.5 Å². The number of piperazine rings is 1. The fourth-order valence-corrected chi connectivity index (χ4v) is 5.06. The first kappa shape index (κ1) is 22.2. The zero-order chi connectivity index (χ0) is 23.9. The molecule has 3 aromatic rings. The first-order valence-electron chi connectivity index (χ1n) is 12.2.